The molecule has 1 aromatic carbocycles. The van der Waals surface area contributed by atoms with Crippen molar-refractivity contribution in [3.8, 4) is 5.75 Å². The summed E-state index contributed by atoms with van der Waals surface area (Å²) in [6, 6.07) is 8.42. The average molecular weight is 286 g/mol. The van der Waals surface area contributed by atoms with Crippen LogP contribution in [0.3, 0.4) is 0 Å². The first-order valence-corrected chi connectivity index (χ1v) is 6.72. The van der Waals surface area contributed by atoms with Crippen LogP contribution in [-0.4, -0.2) is 5.11 Å². The topological polar surface area (TPSA) is 32.3 Å². The molecule has 0 aliphatic carbocycles. The number of hydrogen-bond acceptors (Lipinski definition) is 3. The smallest absolute Gasteiger partial charge is 0.165 e. The van der Waals surface area contributed by atoms with Crippen molar-refractivity contribution in [2.75, 3.05) is 0 Å². The molecule has 2 rings (SSSR count). The number of aromatic hydroxyl groups is 1. The van der Waals surface area contributed by atoms with Crippen LogP contribution in [0.1, 0.15) is 23.4 Å². The van der Waals surface area contributed by atoms with Crippen LogP contribution in [-0.2, 0) is 6.54 Å². The number of rotatable bonds is 4. The van der Waals surface area contributed by atoms with E-state index in [1.54, 1.807) is 12.1 Å². The summed E-state index contributed by atoms with van der Waals surface area (Å²) in [6.45, 7) is 2.40. The molecule has 1 aromatic heterocycles. The van der Waals surface area contributed by atoms with Crippen LogP contribution in [0.15, 0.2) is 30.3 Å². The van der Waals surface area contributed by atoms with Crippen molar-refractivity contribution in [1.82, 2.24) is 5.32 Å². The first-order valence-electron chi connectivity index (χ1n) is 5.53. The van der Waals surface area contributed by atoms with Crippen LogP contribution in [0.2, 0.25) is 4.34 Å². The van der Waals surface area contributed by atoms with Crippen molar-refractivity contribution in [3.05, 3.63) is 50.9 Å². The number of hydrogen-bond donors (Lipinski definition) is 2. The van der Waals surface area contributed by atoms with E-state index in [1.165, 1.54) is 17.4 Å². The van der Waals surface area contributed by atoms with Crippen molar-refractivity contribution in [2.45, 2.75) is 19.5 Å². The number of para-hydroxylation sites is 1. The van der Waals surface area contributed by atoms with Gasteiger partial charge in [0.25, 0.3) is 0 Å². The number of nitrogens with one attached hydrogen (secondary N) is 1. The van der Waals surface area contributed by atoms with Crippen LogP contribution in [0.25, 0.3) is 0 Å². The molecule has 0 aliphatic rings. The zero-order chi connectivity index (χ0) is 13.1. The molecule has 0 saturated carbocycles. The van der Waals surface area contributed by atoms with E-state index in [4.69, 9.17) is 11.6 Å². The Labute approximate surface area is 114 Å². The Morgan fingerprint density at radius 1 is 1.39 bits per heavy atom. The standard InChI is InChI=1S/C13H13ClFNOS/c1-8(11-5-6-12(14)18-11)16-7-9-3-2-4-10(15)13(9)17/h2-6,8,16-17H,7H2,1H3. The summed E-state index contributed by atoms with van der Waals surface area (Å²) >= 11 is 7.37. The lowest BCUT2D eigenvalue weighted by Crippen LogP contribution is -2.17. The van der Waals surface area contributed by atoms with Gasteiger partial charge in [-0.1, -0.05) is 23.7 Å². The molecule has 2 N–H and O–H groups in total. The zero-order valence-electron chi connectivity index (χ0n) is 9.78. The highest BCUT2D eigenvalue weighted by atomic mass is 35.5. The molecule has 1 heterocycles. The molecule has 1 unspecified atom stereocenters. The van der Waals surface area contributed by atoms with E-state index in [-0.39, 0.29) is 11.8 Å². The van der Waals surface area contributed by atoms with Gasteiger partial charge in [-0.2, -0.15) is 0 Å². The molecule has 18 heavy (non-hydrogen) atoms. The van der Waals surface area contributed by atoms with Crippen molar-refractivity contribution in [3.63, 3.8) is 0 Å². The first-order chi connectivity index (χ1) is 8.58. The van der Waals surface area contributed by atoms with Gasteiger partial charge in [0.2, 0.25) is 0 Å². The van der Waals surface area contributed by atoms with Gasteiger partial charge < -0.3 is 10.4 Å². The highest BCUT2D eigenvalue weighted by molar-refractivity contribution is 7.16. The van der Waals surface area contributed by atoms with E-state index >= 15 is 0 Å². The summed E-state index contributed by atoms with van der Waals surface area (Å²) < 4.78 is 13.9. The molecule has 0 spiro atoms. The van der Waals surface area contributed by atoms with Crippen LogP contribution in [0, 0.1) is 5.82 Å². The molecule has 0 radical (unpaired) electrons. The minimum Gasteiger partial charge on any atom is -0.505 e. The fourth-order valence-corrected chi connectivity index (χ4v) is 2.71. The maximum Gasteiger partial charge on any atom is 0.165 e. The van der Waals surface area contributed by atoms with Gasteiger partial charge in [-0.3, -0.25) is 0 Å². The summed E-state index contributed by atoms with van der Waals surface area (Å²) in [5.74, 6) is -0.887. The third kappa shape index (κ3) is 3.02. The minimum atomic E-state index is -0.596. The predicted molar refractivity (Wildman–Crippen MR) is 72.6 cm³/mol. The fraction of sp³-hybridized carbons (Fsp3) is 0.231. The monoisotopic (exact) mass is 285 g/mol. The zero-order valence-corrected chi connectivity index (χ0v) is 11.4. The summed E-state index contributed by atoms with van der Waals surface area (Å²) in [4.78, 5) is 1.11. The van der Waals surface area contributed by atoms with Gasteiger partial charge in [0.15, 0.2) is 11.6 Å². The SMILES string of the molecule is CC(NCc1cccc(F)c1O)c1ccc(Cl)s1. The van der Waals surface area contributed by atoms with Gasteiger partial charge >= 0.3 is 0 Å². The van der Waals surface area contributed by atoms with Crippen LogP contribution in [0.4, 0.5) is 4.39 Å². The second kappa shape index (κ2) is 5.69. The van der Waals surface area contributed by atoms with Crippen molar-refractivity contribution in [1.29, 1.82) is 0 Å². The second-order valence-electron chi connectivity index (χ2n) is 3.99. The number of phenolic OH excluding ortho intramolecular Hbond substituents is 1. The fourth-order valence-electron chi connectivity index (χ4n) is 1.63. The molecule has 2 nitrogen and oxygen atoms in total. The average Bonchev–Trinajstić information content (AvgIpc) is 2.77. The van der Waals surface area contributed by atoms with E-state index in [2.05, 4.69) is 5.32 Å². The Balaban J connectivity index is 2.01. The number of halogens is 2. The van der Waals surface area contributed by atoms with E-state index in [9.17, 15) is 9.50 Å². The molecule has 0 aliphatic heterocycles. The van der Waals surface area contributed by atoms with E-state index < -0.39 is 5.82 Å². The number of benzene rings is 1. The van der Waals surface area contributed by atoms with Crippen LogP contribution >= 0.6 is 22.9 Å². The number of phenols is 1. The number of thiophene rings is 1. The predicted octanol–water partition coefficient (Wildman–Crippen LogP) is 4.10. The Hall–Kier alpha value is -1.10. The Morgan fingerprint density at radius 2 is 2.17 bits per heavy atom. The first kappa shape index (κ1) is 13.3. The Kier molecular flexibility index (Phi) is 4.22. The van der Waals surface area contributed by atoms with Crippen molar-refractivity contribution < 1.29 is 9.50 Å². The Morgan fingerprint density at radius 3 is 2.83 bits per heavy atom. The van der Waals surface area contributed by atoms with E-state index in [1.807, 2.05) is 19.1 Å². The minimum absolute atomic E-state index is 0.102. The summed E-state index contributed by atoms with van der Waals surface area (Å²) in [5.41, 5.74) is 0.546. The Bertz CT molecular complexity index is 544. The third-order valence-corrected chi connectivity index (χ3v) is 4.10. The van der Waals surface area contributed by atoms with E-state index in [0.29, 0.717) is 12.1 Å². The summed E-state index contributed by atoms with van der Waals surface area (Å²) in [7, 11) is 0. The lowest BCUT2D eigenvalue weighted by molar-refractivity contribution is 0.421. The van der Waals surface area contributed by atoms with Gasteiger partial charge in [-0.15, -0.1) is 11.3 Å². The molecule has 0 amide bonds. The molecule has 1 atom stereocenters. The quantitative estimate of drug-likeness (QED) is 0.886. The van der Waals surface area contributed by atoms with Crippen LogP contribution < -0.4 is 5.32 Å². The van der Waals surface area contributed by atoms with Crippen LogP contribution in [0.5, 0.6) is 5.75 Å². The molecule has 0 fully saturated rings. The van der Waals surface area contributed by atoms with Crippen molar-refractivity contribution >= 4 is 22.9 Å². The van der Waals surface area contributed by atoms with E-state index in [0.717, 1.165) is 9.21 Å². The molecule has 0 saturated heterocycles. The molecule has 2 aromatic rings. The highest BCUT2D eigenvalue weighted by Gasteiger charge is 2.10. The largest absolute Gasteiger partial charge is 0.505 e. The molecule has 96 valence electrons. The molecule has 0 bridgehead atoms. The van der Waals surface area contributed by atoms with Gasteiger partial charge in [0.1, 0.15) is 0 Å². The lowest BCUT2D eigenvalue weighted by atomic mass is 10.1. The molecular formula is C13H13ClFNOS. The van der Waals surface area contributed by atoms with Gasteiger partial charge in [0, 0.05) is 23.0 Å². The normalized spacial score (nSPS) is 12.6. The third-order valence-electron chi connectivity index (χ3n) is 2.69. The maximum absolute atomic E-state index is 13.1. The van der Waals surface area contributed by atoms with Gasteiger partial charge in [0.05, 0.1) is 4.34 Å². The lowest BCUT2D eigenvalue weighted by Gasteiger charge is -2.13. The maximum atomic E-state index is 13.1. The summed E-state index contributed by atoms with van der Waals surface area (Å²) in [6.07, 6.45) is 0. The molecular weight excluding hydrogens is 273 g/mol. The highest BCUT2D eigenvalue weighted by Crippen LogP contribution is 2.27. The second-order valence-corrected chi connectivity index (χ2v) is 5.74. The van der Waals surface area contributed by atoms with Gasteiger partial charge in [-0.05, 0) is 25.1 Å². The van der Waals surface area contributed by atoms with Gasteiger partial charge in [-0.25, -0.2) is 4.39 Å². The summed E-state index contributed by atoms with van der Waals surface area (Å²) in [5, 5.41) is 12.8. The molecule has 5 heteroatoms. The van der Waals surface area contributed by atoms with Crippen molar-refractivity contribution in [2.24, 2.45) is 0 Å².